The maximum atomic E-state index is 5.89. The van der Waals surface area contributed by atoms with Gasteiger partial charge in [0.1, 0.15) is 18.1 Å². The Morgan fingerprint density at radius 3 is 3.00 bits per heavy atom. The van der Waals surface area contributed by atoms with Gasteiger partial charge in [-0.05, 0) is 37.2 Å². The maximum Gasteiger partial charge on any atom is 0.146 e. The molecule has 0 aliphatic carbocycles. The van der Waals surface area contributed by atoms with Crippen LogP contribution in [0.5, 0.6) is 5.75 Å². The van der Waals surface area contributed by atoms with E-state index in [0.29, 0.717) is 11.6 Å². The topological polar surface area (TPSA) is 34.4 Å². The number of furan rings is 1. The molecule has 0 radical (unpaired) electrons. The molecule has 0 saturated carbocycles. The Labute approximate surface area is 118 Å². The maximum absolute atomic E-state index is 5.89. The molecule has 19 heavy (non-hydrogen) atoms. The zero-order valence-corrected chi connectivity index (χ0v) is 11.7. The van der Waals surface area contributed by atoms with Crippen molar-refractivity contribution in [3.05, 3.63) is 52.9 Å². The molecule has 0 atom stereocenters. The molecule has 0 unspecified atom stereocenters. The van der Waals surface area contributed by atoms with Crippen molar-refractivity contribution >= 4 is 11.6 Å². The first kappa shape index (κ1) is 14.0. The van der Waals surface area contributed by atoms with E-state index in [1.807, 2.05) is 24.3 Å². The number of hydrogen-bond acceptors (Lipinski definition) is 3. The summed E-state index contributed by atoms with van der Waals surface area (Å²) >= 11 is 5.89. The number of ether oxygens (including phenoxy) is 1. The Morgan fingerprint density at radius 1 is 1.32 bits per heavy atom. The van der Waals surface area contributed by atoms with Crippen LogP contribution >= 0.6 is 11.6 Å². The van der Waals surface area contributed by atoms with Crippen LogP contribution in [-0.2, 0) is 13.2 Å². The minimum atomic E-state index is 0.411. The Kier molecular flexibility index (Phi) is 5.31. The molecule has 0 saturated heterocycles. The molecule has 0 fully saturated rings. The van der Waals surface area contributed by atoms with Crippen LogP contribution in [0.3, 0.4) is 0 Å². The highest BCUT2D eigenvalue weighted by Crippen LogP contribution is 2.19. The van der Waals surface area contributed by atoms with Crippen LogP contribution < -0.4 is 10.1 Å². The van der Waals surface area contributed by atoms with Crippen LogP contribution in [0.15, 0.2) is 41.0 Å². The molecule has 4 heteroatoms. The monoisotopic (exact) mass is 279 g/mol. The molecule has 1 aromatic carbocycles. The number of benzene rings is 1. The summed E-state index contributed by atoms with van der Waals surface area (Å²) in [5.74, 6) is 1.56. The van der Waals surface area contributed by atoms with Gasteiger partial charge in [-0.3, -0.25) is 0 Å². The van der Waals surface area contributed by atoms with Crippen LogP contribution in [0.2, 0.25) is 5.02 Å². The summed E-state index contributed by atoms with van der Waals surface area (Å²) in [6, 6.07) is 9.35. The molecule has 2 rings (SSSR count). The van der Waals surface area contributed by atoms with Crippen molar-refractivity contribution in [1.29, 1.82) is 0 Å². The SMILES string of the molecule is CCCNCc1coc(COc2cccc(Cl)c2)c1. The van der Waals surface area contributed by atoms with E-state index in [9.17, 15) is 0 Å². The largest absolute Gasteiger partial charge is 0.486 e. The fourth-order valence-electron chi connectivity index (χ4n) is 1.72. The van der Waals surface area contributed by atoms with Crippen molar-refractivity contribution in [2.75, 3.05) is 6.54 Å². The number of halogens is 1. The normalized spacial score (nSPS) is 10.6. The van der Waals surface area contributed by atoms with Gasteiger partial charge in [0.05, 0.1) is 6.26 Å². The second-order valence-electron chi connectivity index (χ2n) is 4.34. The third-order valence-corrected chi connectivity index (χ3v) is 2.88. The molecule has 0 aliphatic rings. The fourth-order valence-corrected chi connectivity index (χ4v) is 1.90. The van der Waals surface area contributed by atoms with E-state index in [-0.39, 0.29) is 0 Å². The van der Waals surface area contributed by atoms with Gasteiger partial charge in [0.2, 0.25) is 0 Å². The molecule has 1 heterocycles. The molecule has 3 nitrogen and oxygen atoms in total. The number of nitrogens with one attached hydrogen (secondary N) is 1. The van der Waals surface area contributed by atoms with Crippen molar-refractivity contribution in [2.24, 2.45) is 0 Å². The van der Waals surface area contributed by atoms with Crippen LogP contribution in [0.1, 0.15) is 24.7 Å². The molecular formula is C15H18ClNO2. The van der Waals surface area contributed by atoms with Crippen LogP contribution in [0.4, 0.5) is 0 Å². The van der Waals surface area contributed by atoms with Crippen molar-refractivity contribution in [1.82, 2.24) is 5.32 Å². The molecule has 1 aromatic heterocycles. The lowest BCUT2D eigenvalue weighted by Crippen LogP contribution is -2.13. The molecule has 0 amide bonds. The van der Waals surface area contributed by atoms with Crippen molar-refractivity contribution in [3.8, 4) is 5.75 Å². The van der Waals surface area contributed by atoms with E-state index >= 15 is 0 Å². The van der Waals surface area contributed by atoms with Gasteiger partial charge in [-0.2, -0.15) is 0 Å². The molecule has 0 spiro atoms. The first-order chi connectivity index (χ1) is 9.28. The van der Waals surface area contributed by atoms with Crippen LogP contribution in [-0.4, -0.2) is 6.54 Å². The van der Waals surface area contributed by atoms with Gasteiger partial charge in [0.25, 0.3) is 0 Å². The van der Waals surface area contributed by atoms with E-state index in [4.69, 9.17) is 20.8 Å². The summed E-state index contributed by atoms with van der Waals surface area (Å²) in [6.07, 6.45) is 2.89. The van der Waals surface area contributed by atoms with Gasteiger partial charge in [0.15, 0.2) is 0 Å². The third kappa shape index (κ3) is 4.62. The molecule has 0 bridgehead atoms. The standard InChI is InChI=1S/C15H18ClNO2/c1-2-6-17-9-12-7-15(18-10-12)11-19-14-5-3-4-13(16)8-14/h3-5,7-8,10,17H,2,6,9,11H2,1H3. The van der Waals surface area contributed by atoms with E-state index in [1.165, 1.54) is 0 Å². The lowest BCUT2D eigenvalue weighted by atomic mass is 10.3. The lowest BCUT2D eigenvalue weighted by molar-refractivity contribution is 0.270. The van der Waals surface area contributed by atoms with E-state index in [2.05, 4.69) is 12.2 Å². The highest BCUT2D eigenvalue weighted by Gasteiger charge is 2.03. The predicted octanol–water partition coefficient (Wildman–Crippen LogP) is 4.01. The Morgan fingerprint density at radius 2 is 2.21 bits per heavy atom. The van der Waals surface area contributed by atoms with Gasteiger partial charge < -0.3 is 14.5 Å². The zero-order valence-electron chi connectivity index (χ0n) is 11.0. The average Bonchev–Trinajstić information content (AvgIpc) is 2.85. The molecule has 2 aromatic rings. The molecule has 1 N–H and O–H groups in total. The van der Waals surface area contributed by atoms with Gasteiger partial charge >= 0.3 is 0 Å². The van der Waals surface area contributed by atoms with Gasteiger partial charge in [0, 0.05) is 17.1 Å². The molecular weight excluding hydrogens is 262 g/mol. The van der Waals surface area contributed by atoms with Gasteiger partial charge in [-0.1, -0.05) is 24.6 Å². The zero-order chi connectivity index (χ0) is 13.5. The van der Waals surface area contributed by atoms with E-state index < -0.39 is 0 Å². The fraction of sp³-hybridized carbons (Fsp3) is 0.333. The summed E-state index contributed by atoms with van der Waals surface area (Å²) in [7, 11) is 0. The van der Waals surface area contributed by atoms with Crippen molar-refractivity contribution < 1.29 is 9.15 Å². The van der Waals surface area contributed by atoms with Gasteiger partial charge in [-0.15, -0.1) is 0 Å². The van der Waals surface area contributed by atoms with Crippen LogP contribution in [0.25, 0.3) is 0 Å². The quantitative estimate of drug-likeness (QED) is 0.778. The minimum Gasteiger partial charge on any atom is -0.486 e. The van der Waals surface area contributed by atoms with E-state index in [1.54, 1.807) is 12.3 Å². The van der Waals surface area contributed by atoms with Crippen LogP contribution in [0, 0.1) is 0 Å². The molecule has 0 aliphatic heterocycles. The predicted molar refractivity (Wildman–Crippen MR) is 76.5 cm³/mol. The number of hydrogen-bond donors (Lipinski definition) is 1. The summed E-state index contributed by atoms with van der Waals surface area (Å²) in [4.78, 5) is 0. The number of rotatable bonds is 7. The first-order valence-electron chi connectivity index (χ1n) is 6.43. The lowest BCUT2D eigenvalue weighted by Gasteiger charge is -2.03. The molecule has 102 valence electrons. The third-order valence-electron chi connectivity index (χ3n) is 2.64. The second-order valence-corrected chi connectivity index (χ2v) is 4.78. The highest BCUT2D eigenvalue weighted by atomic mass is 35.5. The summed E-state index contributed by atoms with van der Waals surface area (Å²) in [5.41, 5.74) is 1.14. The van der Waals surface area contributed by atoms with E-state index in [0.717, 1.165) is 36.6 Å². The Hall–Kier alpha value is -1.45. The summed E-state index contributed by atoms with van der Waals surface area (Å²) in [6.45, 7) is 4.40. The Balaban J connectivity index is 1.83. The Bertz CT molecular complexity index is 510. The summed E-state index contributed by atoms with van der Waals surface area (Å²) in [5, 5.41) is 4.00. The smallest absolute Gasteiger partial charge is 0.146 e. The van der Waals surface area contributed by atoms with Crippen molar-refractivity contribution in [2.45, 2.75) is 26.5 Å². The van der Waals surface area contributed by atoms with Gasteiger partial charge in [-0.25, -0.2) is 0 Å². The summed E-state index contributed by atoms with van der Waals surface area (Å²) < 4.78 is 11.1. The highest BCUT2D eigenvalue weighted by molar-refractivity contribution is 6.30. The second kappa shape index (κ2) is 7.22. The average molecular weight is 280 g/mol. The first-order valence-corrected chi connectivity index (χ1v) is 6.81. The van der Waals surface area contributed by atoms with Crippen molar-refractivity contribution in [3.63, 3.8) is 0 Å². The minimum absolute atomic E-state index is 0.411.